The second-order valence-corrected chi connectivity index (χ2v) is 9.87. The molecule has 1 aliphatic rings. The highest BCUT2D eigenvalue weighted by molar-refractivity contribution is 7.15. The molecule has 33 heavy (non-hydrogen) atoms. The lowest BCUT2D eigenvalue weighted by molar-refractivity contribution is 0.0938. The van der Waals surface area contributed by atoms with Crippen LogP contribution in [0.4, 0.5) is 0 Å². The van der Waals surface area contributed by atoms with Crippen LogP contribution in [0.1, 0.15) is 65.8 Å². The maximum absolute atomic E-state index is 13.2. The zero-order chi connectivity index (χ0) is 23.4. The molecule has 7 nitrogen and oxygen atoms in total. The zero-order valence-electron chi connectivity index (χ0n) is 19.5. The number of rotatable bonds is 8. The highest BCUT2D eigenvalue weighted by Crippen LogP contribution is 2.33. The van der Waals surface area contributed by atoms with E-state index in [-0.39, 0.29) is 11.9 Å². The fraction of sp³-hybridized carbons (Fsp3) is 0.440. The smallest absolute Gasteiger partial charge is 0.251 e. The van der Waals surface area contributed by atoms with Gasteiger partial charge in [-0.1, -0.05) is 13.8 Å². The van der Waals surface area contributed by atoms with Gasteiger partial charge >= 0.3 is 0 Å². The zero-order valence-corrected chi connectivity index (χ0v) is 20.3. The predicted octanol–water partition coefficient (Wildman–Crippen LogP) is 4.94. The van der Waals surface area contributed by atoms with Crippen LogP contribution in [0.5, 0.6) is 5.75 Å². The van der Waals surface area contributed by atoms with E-state index in [0.717, 1.165) is 29.3 Å². The van der Waals surface area contributed by atoms with E-state index < -0.39 is 0 Å². The van der Waals surface area contributed by atoms with Crippen molar-refractivity contribution in [3.63, 3.8) is 0 Å². The molecule has 1 unspecified atom stereocenters. The van der Waals surface area contributed by atoms with Crippen LogP contribution in [0.3, 0.4) is 0 Å². The van der Waals surface area contributed by atoms with E-state index in [9.17, 15) is 4.79 Å². The van der Waals surface area contributed by atoms with E-state index in [1.165, 1.54) is 4.88 Å². The molecule has 1 fully saturated rings. The fourth-order valence-corrected chi connectivity index (χ4v) is 4.45. The van der Waals surface area contributed by atoms with Crippen LogP contribution in [-0.4, -0.2) is 40.9 Å². The average Bonchev–Trinajstić information content (AvgIpc) is 3.50. The van der Waals surface area contributed by atoms with Crippen LogP contribution in [0.2, 0.25) is 0 Å². The third-order valence-corrected chi connectivity index (χ3v) is 6.97. The van der Waals surface area contributed by atoms with E-state index in [2.05, 4.69) is 34.3 Å². The summed E-state index contributed by atoms with van der Waals surface area (Å²) in [6.07, 6.45) is 2.90. The van der Waals surface area contributed by atoms with Gasteiger partial charge in [0.05, 0.1) is 30.6 Å². The van der Waals surface area contributed by atoms with Crippen LogP contribution < -0.4 is 10.1 Å². The normalized spacial score (nSPS) is 16.7. The number of ether oxygens (including phenoxy) is 2. The van der Waals surface area contributed by atoms with Crippen LogP contribution in [0.15, 0.2) is 36.5 Å². The van der Waals surface area contributed by atoms with Gasteiger partial charge in [0.1, 0.15) is 10.8 Å². The summed E-state index contributed by atoms with van der Waals surface area (Å²) in [4.78, 5) is 19.0. The minimum absolute atomic E-state index is 0.193. The number of aryl methyl sites for hydroxylation is 1. The summed E-state index contributed by atoms with van der Waals surface area (Å²) in [5, 5.41) is 12.2. The molecule has 8 heteroatoms. The molecule has 0 spiro atoms. The number of carbonyl (C=O) groups is 1. The molecule has 3 heterocycles. The van der Waals surface area contributed by atoms with Crippen LogP contribution >= 0.6 is 11.3 Å². The maximum Gasteiger partial charge on any atom is 0.251 e. The Hall–Kier alpha value is -2.84. The quantitative estimate of drug-likeness (QED) is 0.506. The van der Waals surface area contributed by atoms with Crippen LogP contribution in [-0.2, 0) is 4.74 Å². The molecular weight excluding hydrogens is 436 g/mol. The van der Waals surface area contributed by atoms with E-state index in [0.29, 0.717) is 42.1 Å². The molecular formula is C25H30N4O3S. The van der Waals surface area contributed by atoms with Gasteiger partial charge in [-0.25, -0.2) is 4.98 Å². The average molecular weight is 467 g/mol. The first-order valence-corrected chi connectivity index (χ1v) is 12.1. The van der Waals surface area contributed by atoms with Gasteiger partial charge in [-0.2, -0.15) is 10.2 Å². The molecule has 2 aromatic heterocycles. The maximum atomic E-state index is 13.2. The number of amides is 1. The van der Waals surface area contributed by atoms with Gasteiger partial charge in [0.2, 0.25) is 0 Å². The van der Waals surface area contributed by atoms with Gasteiger partial charge in [0.25, 0.3) is 5.91 Å². The Labute approximate surface area is 198 Å². The van der Waals surface area contributed by atoms with Crippen molar-refractivity contribution >= 4 is 17.2 Å². The summed E-state index contributed by atoms with van der Waals surface area (Å²) in [6.45, 7) is 10.1. The first kappa shape index (κ1) is 23.3. The van der Waals surface area contributed by atoms with Crippen molar-refractivity contribution in [2.75, 3.05) is 19.8 Å². The molecule has 1 saturated heterocycles. The van der Waals surface area contributed by atoms with Gasteiger partial charge in [0.15, 0.2) is 0 Å². The number of hydrogen-bond donors (Lipinski definition) is 1. The highest BCUT2D eigenvalue weighted by atomic mass is 32.1. The Morgan fingerprint density at radius 2 is 2.09 bits per heavy atom. The number of nitrogens with zero attached hydrogens (tertiary/aromatic N) is 3. The SMILES string of the molecule is Cc1ccc(C(C)NC(=O)c2cc(OC[C@H]3CCOC3)cc(-c3ncc(C(C)C)s3)c2)nn1. The van der Waals surface area contributed by atoms with Gasteiger partial charge in [-0.3, -0.25) is 4.79 Å². The monoisotopic (exact) mass is 466 g/mol. The molecule has 0 saturated carbocycles. The van der Waals surface area contributed by atoms with E-state index in [4.69, 9.17) is 9.47 Å². The summed E-state index contributed by atoms with van der Waals surface area (Å²) in [5.74, 6) is 1.24. The molecule has 1 amide bonds. The Bertz CT molecular complexity index is 1090. The van der Waals surface area contributed by atoms with Crippen molar-refractivity contribution in [1.82, 2.24) is 20.5 Å². The Morgan fingerprint density at radius 3 is 2.76 bits per heavy atom. The third-order valence-electron chi connectivity index (χ3n) is 5.63. The van der Waals surface area contributed by atoms with E-state index in [1.54, 1.807) is 17.4 Å². The summed E-state index contributed by atoms with van der Waals surface area (Å²) in [7, 11) is 0. The van der Waals surface area contributed by atoms with Crippen molar-refractivity contribution < 1.29 is 14.3 Å². The lowest BCUT2D eigenvalue weighted by Crippen LogP contribution is -2.27. The van der Waals surface area contributed by atoms with Crippen molar-refractivity contribution in [1.29, 1.82) is 0 Å². The van der Waals surface area contributed by atoms with Crippen molar-refractivity contribution in [2.45, 2.75) is 46.1 Å². The van der Waals surface area contributed by atoms with E-state index >= 15 is 0 Å². The summed E-state index contributed by atoms with van der Waals surface area (Å²) < 4.78 is 11.5. The molecule has 0 bridgehead atoms. The minimum Gasteiger partial charge on any atom is -0.493 e. The molecule has 0 aliphatic carbocycles. The largest absolute Gasteiger partial charge is 0.493 e. The summed E-state index contributed by atoms with van der Waals surface area (Å²) in [5.41, 5.74) is 2.95. The molecule has 1 aromatic carbocycles. The summed E-state index contributed by atoms with van der Waals surface area (Å²) in [6, 6.07) is 9.12. The van der Waals surface area contributed by atoms with E-state index in [1.807, 2.05) is 44.3 Å². The molecule has 2 atom stereocenters. The van der Waals surface area contributed by atoms with Gasteiger partial charge < -0.3 is 14.8 Å². The van der Waals surface area contributed by atoms with Crippen LogP contribution in [0.25, 0.3) is 10.6 Å². The van der Waals surface area contributed by atoms with Gasteiger partial charge in [0, 0.05) is 34.7 Å². The first-order valence-electron chi connectivity index (χ1n) is 11.3. The fourth-order valence-electron chi connectivity index (χ4n) is 3.55. The van der Waals surface area contributed by atoms with Crippen molar-refractivity contribution in [3.8, 4) is 16.3 Å². The van der Waals surface area contributed by atoms with Crippen LogP contribution in [0, 0.1) is 12.8 Å². The number of benzene rings is 1. The predicted molar refractivity (Wildman–Crippen MR) is 129 cm³/mol. The Kier molecular flexibility index (Phi) is 7.35. The first-order chi connectivity index (χ1) is 15.9. The standard InChI is InChI=1S/C25H30N4O3S/c1-15(2)23-12-26-25(33-23)20-9-19(10-21(11-20)32-14-18-7-8-31-13-18)24(30)27-17(4)22-6-5-16(3)28-29-22/h5-6,9-12,15,17-18H,7-8,13-14H2,1-4H3,(H,27,30)/t17?,18-/m0/s1. The second kappa shape index (κ2) is 10.4. The Balaban J connectivity index is 1.58. The molecule has 1 aliphatic heterocycles. The number of thiazole rings is 1. The lowest BCUT2D eigenvalue weighted by atomic mass is 10.1. The van der Waals surface area contributed by atoms with Gasteiger partial charge in [-0.05, 0) is 56.5 Å². The van der Waals surface area contributed by atoms with Crippen molar-refractivity contribution in [2.24, 2.45) is 5.92 Å². The number of aromatic nitrogens is 3. The number of hydrogen-bond acceptors (Lipinski definition) is 7. The Morgan fingerprint density at radius 1 is 1.24 bits per heavy atom. The lowest BCUT2D eigenvalue weighted by Gasteiger charge is -2.15. The second-order valence-electron chi connectivity index (χ2n) is 8.80. The van der Waals surface area contributed by atoms with Gasteiger partial charge in [-0.15, -0.1) is 11.3 Å². The molecule has 3 aromatic rings. The number of nitrogens with one attached hydrogen (secondary N) is 1. The topological polar surface area (TPSA) is 86.2 Å². The third kappa shape index (κ3) is 5.94. The minimum atomic E-state index is -0.276. The van der Waals surface area contributed by atoms with Crippen molar-refractivity contribution in [3.05, 3.63) is 58.4 Å². The highest BCUT2D eigenvalue weighted by Gasteiger charge is 2.19. The molecule has 0 radical (unpaired) electrons. The summed E-state index contributed by atoms with van der Waals surface area (Å²) >= 11 is 1.64. The molecule has 1 N–H and O–H groups in total. The molecule has 174 valence electrons. The molecule has 4 rings (SSSR count). The number of carbonyl (C=O) groups excluding carboxylic acids is 1.